The van der Waals surface area contributed by atoms with Gasteiger partial charge in [-0.15, -0.1) is 0 Å². The molecule has 3 heterocycles. The zero-order chi connectivity index (χ0) is 17.4. The highest BCUT2D eigenvalue weighted by Crippen LogP contribution is 2.34. The summed E-state index contributed by atoms with van der Waals surface area (Å²) in [6.07, 6.45) is 1.98. The third kappa shape index (κ3) is 2.95. The molecule has 1 atom stereocenters. The summed E-state index contributed by atoms with van der Waals surface area (Å²) in [6.45, 7) is 4.53. The number of aromatic nitrogens is 2. The Morgan fingerprint density at radius 2 is 2.20 bits per heavy atom. The van der Waals surface area contributed by atoms with E-state index in [0.717, 1.165) is 11.3 Å². The molecule has 1 aromatic carbocycles. The highest BCUT2D eigenvalue weighted by molar-refractivity contribution is 5.95. The van der Waals surface area contributed by atoms with Gasteiger partial charge in [0, 0.05) is 50.0 Å². The summed E-state index contributed by atoms with van der Waals surface area (Å²) >= 11 is 0. The predicted molar refractivity (Wildman–Crippen MR) is 89.7 cm³/mol. The van der Waals surface area contributed by atoms with Crippen LogP contribution in [-0.4, -0.2) is 47.1 Å². The minimum absolute atomic E-state index is 0.0192. The number of hydrogen-bond donors (Lipinski definition) is 0. The topological polar surface area (TPSA) is 65.8 Å². The minimum atomic E-state index is -0.0192. The van der Waals surface area contributed by atoms with E-state index in [1.165, 1.54) is 0 Å². The third-order valence-electron chi connectivity index (χ3n) is 4.56. The van der Waals surface area contributed by atoms with Crippen LogP contribution < -0.4 is 9.47 Å². The first-order valence-electron chi connectivity index (χ1n) is 8.44. The molecule has 132 valence electrons. The number of rotatable bonds is 4. The van der Waals surface area contributed by atoms with Crippen molar-refractivity contribution in [1.29, 1.82) is 0 Å². The number of nitrogens with zero attached hydrogens (tertiary/aromatic N) is 3. The first-order chi connectivity index (χ1) is 12.2. The van der Waals surface area contributed by atoms with E-state index in [-0.39, 0.29) is 18.6 Å². The highest BCUT2D eigenvalue weighted by atomic mass is 16.7. The van der Waals surface area contributed by atoms with Crippen molar-refractivity contribution in [3.05, 3.63) is 41.2 Å². The van der Waals surface area contributed by atoms with E-state index in [1.54, 1.807) is 22.9 Å². The van der Waals surface area contributed by atoms with Crippen LogP contribution in [0.5, 0.6) is 11.5 Å². The maximum Gasteiger partial charge on any atom is 0.254 e. The van der Waals surface area contributed by atoms with Crippen molar-refractivity contribution in [2.45, 2.75) is 19.4 Å². The van der Waals surface area contributed by atoms with E-state index in [1.807, 2.05) is 25.1 Å². The van der Waals surface area contributed by atoms with Gasteiger partial charge in [0.2, 0.25) is 6.79 Å². The highest BCUT2D eigenvalue weighted by Gasteiger charge is 2.31. The fourth-order valence-corrected chi connectivity index (χ4v) is 3.40. The van der Waals surface area contributed by atoms with Crippen LogP contribution in [0.25, 0.3) is 0 Å². The first kappa shape index (κ1) is 16.0. The minimum Gasteiger partial charge on any atom is -0.454 e. The molecular weight excluding hydrogens is 322 g/mol. The standard InChI is InChI=1S/C18H21N3O4/c1-3-23-10-14-9-21(8-13-7-20(2)19-17(13)14)18(22)12-4-5-15-16(6-12)25-11-24-15/h4-7,14H,3,8-11H2,1-2H3/t14-/m1/s1. The first-order valence-corrected chi connectivity index (χ1v) is 8.44. The van der Waals surface area contributed by atoms with Gasteiger partial charge in [0.25, 0.3) is 5.91 Å². The van der Waals surface area contributed by atoms with Crippen molar-refractivity contribution in [3.8, 4) is 11.5 Å². The second-order valence-electron chi connectivity index (χ2n) is 6.32. The summed E-state index contributed by atoms with van der Waals surface area (Å²) in [7, 11) is 1.90. The molecule has 0 spiro atoms. The Kier molecular flexibility index (Phi) is 4.09. The molecule has 0 saturated heterocycles. The number of ether oxygens (including phenoxy) is 3. The number of hydrogen-bond acceptors (Lipinski definition) is 5. The van der Waals surface area contributed by atoms with Crippen LogP contribution in [0, 0.1) is 0 Å². The quantitative estimate of drug-likeness (QED) is 0.849. The van der Waals surface area contributed by atoms with Gasteiger partial charge in [-0.25, -0.2) is 0 Å². The predicted octanol–water partition coefficient (Wildman–Crippen LogP) is 1.92. The number of carbonyl (C=O) groups excluding carboxylic acids is 1. The maximum absolute atomic E-state index is 13.0. The lowest BCUT2D eigenvalue weighted by molar-refractivity contribution is 0.0651. The van der Waals surface area contributed by atoms with Gasteiger partial charge < -0.3 is 19.1 Å². The van der Waals surface area contributed by atoms with Crippen LogP contribution in [0.4, 0.5) is 0 Å². The van der Waals surface area contributed by atoms with Gasteiger partial charge in [-0.1, -0.05) is 0 Å². The second kappa shape index (κ2) is 6.40. The molecule has 0 bridgehead atoms. The van der Waals surface area contributed by atoms with Gasteiger partial charge in [-0.3, -0.25) is 9.48 Å². The molecule has 0 saturated carbocycles. The molecule has 1 amide bonds. The monoisotopic (exact) mass is 343 g/mol. The Bertz CT molecular complexity index is 802. The number of amides is 1. The summed E-state index contributed by atoms with van der Waals surface area (Å²) in [5.74, 6) is 1.37. The van der Waals surface area contributed by atoms with Crippen LogP contribution in [0.3, 0.4) is 0 Å². The molecule has 2 aliphatic rings. The van der Waals surface area contributed by atoms with Gasteiger partial charge in [-0.2, -0.15) is 5.10 Å². The van der Waals surface area contributed by atoms with E-state index < -0.39 is 0 Å². The van der Waals surface area contributed by atoms with Crippen molar-refractivity contribution in [3.63, 3.8) is 0 Å². The van der Waals surface area contributed by atoms with E-state index in [0.29, 0.717) is 43.4 Å². The van der Waals surface area contributed by atoms with Gasteiger partial charge in [0.05, 0.1) is 12.3 Å². The van der Waals surface area contributed by atoms with Crippen LogP contribution in [0.2, 0.25) is 0 Å². The fourth-order valence-electron chi connectivity index (χ4n) is 3.40. The largest absolute Gasteiger partial charge is 0.454 e. The van der Waals surface area contributed by atoms with Crippen molar-refractivity contribution < 1.29 is 19.0 Å². The van der Waals surface area contributed by atoms with Gasteiger partial charge in [-0.05, 0) is 25.1 Å². The average molecular weight is 343 g/mol. The molecule has 0 fully saturated rings. The van der Waals surface area contributed by atoms with Gasteiger partial charge >= 0.3 is 0 Å². The maximum atomic E-state index is 13.0. The van der Waals surface area contributed by atoms with Crippen molar-refractivity contribution in [2.75, 3.05) is 26.6 Å². The smallest absolute Gasteiger partial charge is 0.254 e. The lowest BCUT2D eigenvalue weighted by Crippen LogP contribution is -2.39. The van der Waals surface area contributed by atoms with Crippen molar-refractivity contribution in [1.82, 2.24) is 14.7 Å². The zero-order valence-electron chi connectivity index (χ0n) is 14.4. The summed E-state index contributed by atoms with van der Waals surface area (Å²) < 4.78 is 18.1. The molecule has 1 aromatic heterocycles. The van der Waals surface area contributed by atoms with E-state index >= 15 is 0 Å². The molecule has 25 heavy (non-hydrogen) atoms. The number of carbonyl (C=O) groups is 1. The molecule has 0 unspecified atom stereocenters. The third-order valence-corrected chi connectivity index (χ3v) is 4.56. The summed E-state index contributed by atoms with van der Waals surface area (Å²) in [6, 6.07) is 5.32. The molecule has 0 aliphatic carbocycles. The Labute approximate surface area is 146 Å². The molecule has 2 aliphatic heterocycles. The average Bonchev–Trinajstić information content (AvgIpc) is 3.23. The lowest BCUT2D eigenvalue weighted by atomic mass is 9.96. The van der Waals surface area contributed by atoms with Crippen LogP contribution in [0.15, 0.2) is 24.4 Å². The molecular formula is C18H21N3O4. The van der Waals surface area contributed by atoms with Crippen LogP contribution in [0.1, 0.15) is 34.5 Å². The van der Waals surface area contributed by atoms with Crippen molar-refractivity contribution >= 4 is 5.91 Å². The van der Waals surface area contributed by atoms with Crippen molar-refractivity contribution in [2.24, 2.45) is 7.05 Å². The molecule has 7 heteroatoms. The lowest BCUT2D eigenvalue weighted by Gasteiger charge is -2.32. The zero-order valence-corrected chi connectivity index (χ0v) is 14.4. The number of fused-ring (bicyclic) bond motifs is 2. The van der Waals surface area contributed by atoms with E-state index in [2.05, 4.69) is 5.10 Å². The SMILES string of the molecule is CCOC[C@H]1CN(C(=O)c2ccc3c(c2)OCO3)Cc2cn(C)nc21. The number of benzene rings is 1. The Hall–Kier alpha value is -2.54. The Morgan fingerprint density at radius 1 is 1.36 bits per heavy atom. The molecule has 0 radical (unpaired) electrons. The summed E-state index contributed by atoms with van der Waals surface area (Å²) in [5.41, 5.74) is 2.71. The normalized spacial score (nSPS) is 18.3. The number of aryl methyl sites for hydroxylation is 1. The van der Waals surface area contributed by atoms with Crippen LogP contribution >= 0.6 is 0 Å². The second-order valence-corrected chi connectivity index (χ2v) is 6.32. The fraction of sp³-hybridized carbons (Fsp3) is 0.444. The van der Waals surface area contributed by atoms with Crippen LogP contribution in [-0.2, 0) is 18.3 Å². The van der Waals surface area contributed by atoms with Gasteiger partial charge in [0.1, 0.15) is 0 Å². The molecule has 4 rings (SSSR count). The molecule has 7 nitrogen and oxygen atoms in total. The Morgan fingerprint density at radius 3 is 3.04 bits per heavy atom. The molecule has 0 N–H and O–H groups in total. The summed E-state index contributed by atoms with van der Waals surface area (Å²) in [4.78, 5) is 14.8. The van der Waals surface area contributed by atoms with Gasteiger partial charge in [0.15, 0.2) is 11.5 Å². The Balaban J connectivity index is 1.59. The molecule has 2 aromatic rings. The van der Waals surface area contributed by atoms with E-state index in [9.17, 15) is 4.79 Å². The van der Waals surface area contributed by atoms with E-state index in [4.69, 9.17) is 14.2 Å². The summed E-state index contributed by atoms with van der Waals surface area (Å²) in [5, 5.41) is 4.56.